The summed E-state index contributed by atoms with van der Waals surface area (Å²) >= 11 is 0. The topological polar surface area (TPSA) is 34.0 Å². The molecule has 0 bridgehead atoms. The zero-order valence-corrected chi connectivity index (χ0v) is 16.6. The molecule has 1 unspecified atom stereocenters. The summed E-state index contributed by atoms with van der Waals surface area (Å²) in [6.45, 7) is 8.45. The molecule has 4 heteroatoms. The van der Waals surface area contributed by atoms with Crippen LogP contribution in [0.3, 0.4) is 0 Å². The van der Waals surface area contributed by atoms with Crippen LogP contribution in [-0.4, -0.2) is 19.7 Å². The number of allylic oxidation sites excluding steroid dienone is 1. The summed E-state index contributed by atoms with van der Waals surface area (Å²) in [5.74, 6) is 0. The van der Waals surface area contributed by atoms with Gasteiger partial charge in [0.25, 0.3) is 0 Å². The van der Waals surface area contributed by atoms with Crippen LogP contribution in [0.1, 0.15) is 46.8 Å². The average Bonchev–Trinajstić information content (AvgIpc) is 3.07. The number of benzene rings is 1. The molecule has 144 valence electrons. The molecule has 4 rings (SSSR count). The molecule has 2 aromatic heterocycles. The molecule has 4 nitrogen and oxygen atoms in total. The smallest absolute Gasteiger partial charge is 0.0638 e. The van der Waals surface area contributed by atoms with Gasteiger partial charge in [0, 0.05) is 43.3 Å². The monoisotopic (exact) mass is 372 g/mol. The number of nitrogens with zero attached hydrogens (tertiary/aromatic N) is 4. The van der Waals surface area contributed by atoms with E-state index in [0.29, 0.717) is 6.04 Å². The van der Waals surface area contributed by atoms with Crippen LogP contribution in [-0.2, 0) is 26.1 Å². The molecular weight excluding hydrogens is 344 g/mol. The largest absolute Gasteiger partial charge is 0.288 e. The lowest BCUT2D eigenvalue weighted by molar-refractivity contribution is 0.160. The first kappa shape index (κ1) is 18.6. The third-order valence-electron chi connectivity index (χ3n) is 5.62. The lowest BCUT2D eigenvalue weighted by Crippen LogP contribution is -2.30. The summed E-state index contributed by atoms with van der Waals surface area (Å²) in [5, 5.41) is 4.66. The minimum atomic E-state index is 0.423. The number of hydrogen-bond donors (Lipinski definition) is 0. The van der Waals surface area contributed by atoms with Crippen molar-refractivity contribution in [2.24, 2.45) is 0 Å². The van der Waals surface area contributed by atoms with Crippen LogP contribution in [0.2, 0.25) is 0 Å². The highest BCUT2D eigenvalue weighted by Crippen LogP contribution is 2.36. The van der Waals surface area contributed by atoms with Crippen molar-refractivity contribution in [1.82, 2.24) is 19.7 Å². The van der Waals surface area contributed by atoms with Crippen molar-refractivity contribution in [2.75, 3.05) is 0 Å². The Balaban J connectivity index is 1.66. The van der Waals surface area contributed by atoms with Crippen LogP contribution in [0.5, 0.6) is 0 Å². The zero-order chi connectivity index (χ0) is 19.3. The summed E-state index contributed by atoms with van der Waals surface area (Å²) in [5.41, 5.74) is 6.61. The fourth-order valence-corrected chi connectivity index (χ4v) is 4.27. The van der Waals surface area contributed by atoms with Gasteiger partial charge in [-0.1, -0.05) is 36.4 Å². The van der Waals surface area contributed by atoms with Crippen LogP contribution in [0.15, 0.2) is 67.6 Å². The summed E-state index contributed by atoms with van der Waals surface area (Å²) in [4.78, 5) is 6.92. The molecule has 0 N–H and O–H groups in total. The van der Waals surface area contributed by atoms with E-state index in [1.165, 1.54) is 41.5 Å². The SMILES string of the molecule is C=CCn1cc(CN(Cc2cccnc2)C2CCCc3ccccc32)c(C)n1. The fraction of sp³-hybridized carbons (Fsp3) is 0.333. The molecule has 28 heavy (non-hydrogen) atoms. The van der Waals surface area contributed by atoms with Crippen LogP contribution in [0.25, 0.3) is 0 Å². The standard InChI is InChI=1S/C24H28N4/c1-3-14-28-18-22(19(2)26-28)17-27(16-20-8-7-13-25-15-20)24-12-6-10-21-9-4-5-11-23(21)24/h3-5,7-9,11,13,15,18,24H,1,6,10,12,14,16-17H2,2H3. The van der Waals surface area contributed by atoms with E-state index < -0.39 is 0 Å². The Labute approximate surface area is 167 Å². The molecule has 0 fully saturated rings. The van der Waals surface area contributed by atoms with Gasteiger partial charge in [-0.05, 0) is 48.9 Å². The zero-order valence-electron chi connectivity index (χ0n) is 16.6. The van der Waals surface area contributed by atoms with E-state index in [9.17, 15) is 0 Å². The van der Waals surface area contributed by atoms with E-state index in [0.717, 1.165) is 25.3 Å². The van der Waals surface area contributed by atoms with Gasteiger partial charge >= 0.3 is 0 Å². The summed E-state index contributed by atoms with van der Waals surface area (Å²) in [7, 11) is 0. The summed E-state index contributed by atoms with van der Waals surface area (Å²) in [6.07, 6.45) is 11.5. The first-order valence-corrected chi connectivity index (χ1v) is 10.1. The summed E-state index contributed by atoms with van der Waals surface area (Å²) in [6, 6.07) is 13.6. The first-order valence-electron chi connectivity index (χ1n) is 10.1. The third-order valence-corrected chi connectivity index (χ3v) is 5.62. The normalized spacial score (nSPS) is 16.1. The molecule has 1 atom stereocenters. The van der Waals surface area contributed by atoms with Crippen molar-refractivity contribution in [3.8, 4) is 0 Å². The predicted molar refractivity (Wildman–Crippen MR) is 113 cm³/mol. The van der Waals surface area contributed by atoms with Gasteiger partial charge in [-0.2, -0.15) is 5.10 Å². The maximum Gasteiger partial charge on any atom is 0.0638 e. The Hall–Kier alpha value is -2.72. The minimum Gasteiger partial charge on any atom is -0.288 e. The fourth-order valence-electron chi connectivity index (χ4n) is 4.27. The van der Waals surface area contributed by atoms with Crippen molar-refractivity contribution >= 4 is 0 Å². The predicted octanol–water partition coefficient (Wildman–Crippen LogP) is 4.85. The van der Waals surface area contributed by atoms with Gasteiger partial charge in [-0.15, -0.1) is 6.58 Å². The molecule has 0 saturated carbocycles. The first-order chi connectivity index (χ1) is 13.7. The van der Waals surface area contributed by atoms with Crippen molar-refractivity contribution in [2.45, 2.75) is 51.9 Å². The van der Waals surface area contributed by atoms with E-state index in [-0.39, 0.29) is 0 Å². The van der Waals surface area contributed by atoms with Gasteiger partial charge in [0.15, 0.2) is 0 Å². The number of hydrogen-bond acceptors (Lipinski definition) is 3. The van der Waals surface area contributed by atoms with Gasteiger partial charge in [0.2, 0.25) is 0 Å². The van der Waals surface area contributed by atoms with E-state index >= 15 is 0 Å². The van der Waals surface area contributed by atoms with Crippen LogP contribution >= 0.6 is 0 Å². The lowest BCUT2D eigenvalue weighted by atomic mass is 9.86. The number of aromatic nitrogens is 3. The molecule has 0 spiro atoms. The second-order valence-corrected chi connectivity index (χ2v) is 7.62. The highest BCUT2D eigenvalue weighted by Gasteiger charge is 2.26. The Morgan fingerprint density at radius 2 is 2.11 bits per heavy atom. The van der Waals surface area contributed by atoms with E-state index in [4.69, 9.17) is 0 Å². The minimum absolute atomic E-state index is 0.423. The van der Waals surface area contributed by atoms with Crippen molar-refractivity contribution < 1.29 is 0 Å². The Bertz CT molecular complexity index is 929. The van der Waals surface area contributed by atoms with Gasteiger partial charge in [-0.25, -0.2) is 0 Å². The lowest BCUT2D eigenvalue weighted by Gasteiger charge is -2.36. The van der Waals surface area contributed by atoms with E-state index in [2.05, 4.69) is 65.0 Å². The molecule has 0 radical (unpaired) electrons. The molecule has 1 aliphatic rings. The highest BCUT2D eigenvalue weighted by atomic mass is 15.3. The molecule has 0 saturated heterocycles. The van der Waals surface area contributed by atoms with Crippen LogP contribution in [0.4, 0.5) is 0 Å². The molecule has 0 amide bonds. The Morgan fingerprint density at radius 3 is 2.93 bits per heavy atom. The van der Waals surface area contributed by atoms with Crippen LogP contribution in [0, 0.1) is 6.92 Å². The molecule has 0 aliphatic heterocycles. The Morgan fingerprint density at radius 1 is 1.21 bits per heavy atom. The molecule has 1 aliphatic carbocycles. The van der Waals surface area contributed by atoms with Gasteiger partial charge in [0.05, 0.1) is 12.2 Å². The average molecular weight is 373 g/mol. The maximum absolute atomic E-state index is 4.66. The summed E-state index contributed by atoms with van der Waals surface area (Å²) < 4.78 is 1.98. The second-order valence-electron chi connectivity index (χ2n) is 7.62. The van der Waals surface area contributed by atoms with Gasteiger partial charge < -0.3 is 0 Å². The van der Waals surface area contributed by atoms with Gasteiger partial charge in [-0.3, -0.25) is 14.6 Å². The van der Waals surface area contributed by atoms with Crippen molar-refractivity contribution in [3.63, 3.8) is 0 Å². The maximum atomic E-state index is 4.66. The highest BCUT2D eigenvalue weighted by molar-refractivity contribution is 5.32. The van der Waals surface area contributed by atoms with E-state index in [1.54, 1.807) is 0 Å². The molecule has 2 heterocycles. The quantitative estimate of drug-likeness (QED) is 0.556. The van der Waals surface area contributed by atoms with Crippen LogP contribution < -0.4 is 0 Å². The van der Waals surface area contributed by atoms with E-state index in [1.807, 2.05) is 29.2 Å². The second kappa shape index (κ2) is 8.53. The van der Waals surface area contributed by atoms with Gasteiger partial charge in [0.1, 0.15) is 0 Å². The third kappa shape index (κ3) is 4.07. The number of fused-ring (bicyclic) bond motifs is 1. The molecular formula is C24H28N4. The number of rotatable bonds is 7. The number of pyridine rings is 1. The Kier molecular flexibility index (Phi) is 5.68. The molecule has 3 aromatic rings. The number of aryl methyl sites for hydroxylation is 2. The van der Waals surface area contributed by atoms with Crippen molar-refractivity contribution in [1.29, 1.82) is 0 Å². The molecule has 1 aromatic carbocycles. The van der Waals surface area contributed by atoms with Crippen molar-refractivity contribution in [3.05, 3.63) is 95.6 Å².